The van der Waals surface area contributed by atoms with Crippen molar-refractivity contribution in [3.05, 3.63) is 15.0 Å². The van der Waals surface area contributed by atoms with Gasteiger partial charge in [0.1, 0.15) is 0 Å². The minimum atomic E-state index is -1.26. The van der Waals surface area contributed by atoms with E-state index in [4.69, 9.17) is 0 Å². The first kappa shape index (κ1) is 13.5. The van der Waals surface area contributed by atoms with Crippen molar-refractivity contribution >= 4 is 86.6 Å². The fourth-order valence-corrected chi connectivity index (χ4v) is 6.45. The minimum absolute atomic E-state index is 1.17. The van der Waals surface area contributed by atoms with Crippen molar-refractivity contribution in [3.63, 3.8) is 0 Å². The summed E-state index contributed by atoms with van der Waals surface area (Å²) in [7, 11) is -1.26. The second-order valence-electron chi connectivity index (χ2n) is 4.30. The van der Waals surface area contributed by atoms with Crippen LogP contribution in [0.3, 0.4) is 0 Å². The molecule has 0 saturated carbocycles. The molecular weight excluding hydrogens is 350 g/mol. The van der Waals surface area contributed by atoms with Gasteiger partial charge < -0.3 is 0 Å². The number of rotatable bonds is 1. The maximum absolute atomic E-state index is 3.68. The van der Waals surface area contributed by atoms with Crippen LogP contribution < -0.4 is 14.0 Å². The van der Waals surface area contributed by atoms with Crippen LogP contribution in [0.15, 0.2) is 15.0 Å². The lowest BCUT2D eigenvalue weighted by molar-refractivity contribution is 1.67. The predicted molar refractivity (Wildman–Crippen MR) is 75.6 cm³/mol. The summed E-state index contributed by atoms with van der Waals surface area (Å²) in [4.78, 5) is 0. The van der Waals surface area contributed by atoms with E-state index in [2.05, 4.69) is 90.1 Å². The zero-order chi connectivity index (χ0) is 11.1. The van der Waals surface area contributed by atoms with Crippen molar-refractivity contribution in [1.29, 1.82) is 0 Å². The first-order chi connectivity index (χ1) is 6.25. The first-order valence-corrected chi connectivity index (χ1v) is 10.5. The maximum Gasteiger partial charge on any atom is 0.175 e. The number of benzene rings is 1. The van der Waals surface area contributed by atoms with Crippen molar-refractivity contribution < 1.29 is 0 Å². The average Bonchev–Trinajstić information content (AvgIpc) is 2.06. The molecule has 0 nitrogen and oxygen atoms in total. The highest BCUT2D eigenvalue weighted by atomic mass is 79.9. The molecule has 1 aromatic carbocycles. The molecule has 0 aromatic heterocycles. The SMILES string of the molecule is C[Si](C)(C)c1cc(Br)[c]([Al])[c]([Al])c1Br. The molecule has 4 radical (unpaired) electrons. The fourth-order valence-electron chi connectivity index (χ4n) is 1.21. The standard InChI is InChI=1S/C9H10Br2Si.2Al/c1-12(2,3)9-6-7(10)4-5-8(9)11;;/h6H,1-3H3;;. The first-order valence-electron chi connectivity index (χ1n) is 4.28. The summed E-state index contributed by atoms with van der Waals surface area (Å²) in [6.07, 6.45) is 0. The van der Waals surface area contributed by atoms with Gasteiger partial charge in [-0.1, -0.05) is 51.5 Å². The smallest absolute Gasteiger partial charge is 0.139 e. The zero-order valence-corrected chi connectivity index (χ0v) is 15.0. The number of hydrogen-bond acceptors (Lipinski definition) is 0. The lowest BCUT2D eigenvalue weighted by Gasteiger charge is -2.23. The molecule has 0 bridgehead atoms. The van der Waals surface area contributed by atoms with E-state index >= 15 is 0 Å². The average molecular weight is 360 g/mol. The Balaban J connectivity index is 3.49. The summed E-state index contributed by atoms with van der Waals surface area (Å²) in [6, 6.07) is 2.24. The number of halogens is 2. The summed E-state index contributed by atoms with van der Waals surface area (Å²) >= 11 is 12.8. The van der Waals surface area contributed by atoms with Crippen LogP contribution in [0.2, 0.25) is 19.6 Å². The second kappa shape index (κ2) is 4.76. The largest absolute Gasteiger partial charge is 0.175 e. The van der Waals surface area contributed by atoms with Crippen molar-refractivity contribution in [2.45, 2.75) is 19.6 Å². The van der Waals surface area contributed by atoms with Crippen LogP contribution in [0, 0.1) is 0 Å². The van der Waals surface area contributed by atoms with E-state index < -0.39 is 8.07 Å². The normalized spacial score (nSPS) is 11.8. The van der Waals surface area contributed by atoms with Gasteiger partial charge in [-0.05, 0) is 11.3 Å². The molecule has 0 aliphatic rings. The van der Waals surface area contributed by atoms with Crippen LogP contribution in [0.4, 0.5) is 0 Å². The summed E-state index contributed by atoms with van der Waals surface area (Å²) in [5.74, 6) is 0. The van der Waals surface area contributed by atoms with E-state index in [1.807, 2.05) is 0 Å². The molecule has 0 amide bonds. The Kier molecular flexibility index (Phi) is 4.60. The number of hydrogen-bond donors (Lipinski definition) is 0. The van der Waals surface area contributed by atoms with Gasteiger partial charge in [-0.15, -0.1) is 8.85 Å². The van der Waals surface area contributed by atoms with Gasteiger partial charge in [0, 0.05) is 8.95 Å². The monoisotopic (exact) mass is 358 g/mol. The molecule has 0 fully saturated rings. The Morgan fingerprint density at radius 2 is 1.57 bits per heavy atom. The highest BCUT2D eigenvalue weighted by Crippen LogP contribution is 2.14. The molecule has 0 N–H and O–H groups in total. The van der Waals surface area contributed by atoms with Crippen LogP contribution >= 0.6 is 31.9 Å². The molecule has 0 aliphatic carbocycles. The Bertz CT molecular complexity index is 372. The zero-order valence-electron chi connectivity index (χ0n) is 8.49. The van der Waals surface area contributed by atoms with Gasteiger partial charge in [0.15, 0.2) is 32.6 Å². The summed E-state index contributed by atoms with van der Waals surface area (Å²) in [6.45, 7) is 7.06. The Hall–Kier alpha value is 1.46. The third-order valence-electron chi connectivity index (χ3n) is 2.10. The molecule has 0 saturated heterocycles. The van der Waals surface area contributed by atoms with Crippen molar-refractivity contribution in [2.24, 2.45) is 0 Å². The topological polar surface area (TPSA) is 0 Å². The van der Waals surface area contributed by atoms with Crippen LogP contribution in [-0.2, 0) is 0 Å². The minimum Gasteiger partial charge on any atom is -0.139 e. The fraction of sp³-hybridized carbons (Fsp3) is 0.333. The molecule has 14 heavy (non-hydrogen) atoms. The Morgan fingerprint density at radius 1 is 1.07 bits per heavy atom. The van der Waals surface area contributed by atoms with E-state index in [1.54, 1.807) is 0 Å². The van der Waals surface area contributed by atoms with Crippen LogP contribution in [0.25, 0.3) is 0 Å². The lowest BCUT2D eigenvalue weighted by atomic mass is 10.3. The second-order valence-corrected chi connectivity index (χ2v) is 12.1. The van der Waals surface area contributed by atoms with Gasteiger partial charge >= 0.3 is 0 Å². The van der Waals surface area contributed by atoms with Crippen molar-refractivity contribution in [2.75, 3.05) is 0 Å². The van der Waals surface area contributed by atoms with Gasteiger partial charge in [-0.3, -0.25) is 0 Å². The lowest BCUT2D eigenvalue weighted by Crippen LogP contribution is -2.44. The quantitative estimate of drug-likeness (QED) is 0.664. The molecular formula is C9H10Al2Br2Si. The summed E-state index contributed by atoms with van der Waals surface area (Å²) in [5.41, 5.74) is 0. The van der Waals surface area contributed by atoms with Gasteiger partial charge in [0.25, 0.3) is 0 Å². The molecule has 0 aliphatic heterocycles. The molecule has 5 heteroatoms. The van der Waals surface area contributed by atoms with Crippen molar-refractivity contribution in [3.8, 4) is 0 Å². The molecule has 0 spiro atoms. The van der Waals surface area contributed by atoms with E-state index in [0.717, 1.165) is 0 Å². The van der Waals surface area contributed by atoms with Crippen LogP contribution in [-0.4, -0.2) is 40.7 Å². The van der Waals surface area contributed by atoms with E-state index in [0.29, 0.717) is 0 Å². The molecule has 0 atom stereocenters. The third kappa shape index (κ3) is 2.77. The van der Waals surface area contributed by atoms with Gasteiger partial charge in [0.2, 0.25) is 0 Å². The summed E-state index contributed by atoms with van der Waals surface area (Å²) < 4.78 is 4.87. The van der Waals surface area contributed by atoms with E-state index in [-0.39, 0.29) is 0 Å². The predicted octanol–water partition coefficient (Wildman–Crippen LogP) is 1.34. The Morgan fingerprint density at radius 3 is 2.00 bits per heavy atom. The van der Waals surface area contributed by atoms with Gasteiger partial charge in [-0.25, -0.2) is 0 Å². The molecule has 1 rings (SSSR count). The molecule has 0 unspecified atom stereocenters. The highest BCUT2D eigenvalue weighted by Gasteiger charge is 2.21. The van der Waals surface area contributed by atoms with Gasteiger partial charge in [-0.2, -0.15) is 0 Å². The van der Waals surface area contributed by atoms with Crippen LogP contribution in [0.1, 0.15) is 0 Å². The van der Waals surface area contributed by atoms with Gasteiger partial charge in [0.05, 0.1) is 8.07 Å². The van der Waals surface area contributed by atoms with E-state index in [1.165, 1.54) is 23.0 Å². The third-order valence-corrected chi connectivity index (χ3v) is 8.39. The molecule has 1 aromatic rings. The summed E-state index contributed by atoms with van der Waals surface area (Å²) in [5, 5.41) is 1.46. The van der Waals surface area contributed by atoms with Crippen LogP contribution in [0.5, 0.6) is 0 Å². The maximum atomic E-state index is 3.68. The molecule has 70 valence electrons. The van der Waals surface area contributed by atoms with Crippen molar-refractivity contribution in [1.82, 2.24) is 0 Å². The molecule has 0 heterocycles. The highest BCUT2D eigenvalue weighted by molar-refractivity contribution is 9.11. The van der Waals surface area contributed by atoms with E-state index in [9.17, 15) is 0 Å². The Labute approximate surface area is 120 Å².